The first-order chi connectivity index (χ1) is 7.71. The highest BCUT2D eigenvalue weighted by atomic mass is 79.9. The predicted molar refractivity (Wildman–Crippen MR) is 68.3 cm³/mol. The molecular weight excluding hydrogens is 287 g/mol. The van der Waals surface area contributed by atoms with E-state index < -0.39 is 11.5 Å². The van der Waals surface area contributed by atoms with Crippen LogP contribution in [0.4, 0.5) is 4.39 Å². The second-order valence-corrected chi connectivity index (χ2v) is 6.01. The number of halogens is 2. The average Bonchev–Trinajstić information content (AvgIpc) is 2.21. The lowest BCUT2D eigenvalue weighted by Crippen LogP contribution is -2.35. The minimum Gasteiger partial charge on any atom is -0.385 e. The zero-order valence-electron chi connectivity index (χ0n) is 10.1. The maximum Gasteiger partial charge on any atom is 0.166 e. The standard InChI is InChI=1S/C13H16BrFO2/c1-13(2,3)12(17)11(16)7-8-4-5-10(15)9(14)6-8/h4-6,12,17H,7H2,1-3H3. The van der Waals surface area contributed by atoms with Gasteiger partial charge in [0.05, 0.1) is 4.47 Å². The molecule has 1 aromatic rings. The number of hydrogen-bond acceptors (Lipinski definition) is 2. The molecular formula is C13H16BrFO2. The first-order valence-corrected chi connectivity index (χ1v) is 6.16. The van der Waals surface area contributed by atoms with Gasteiger partial charge in [0.2, 0.25) is 0 Å². The van der Waals surface area contributed by atoms with Crippen molar-refractivity contribution in [1.82, 2.24) is 0 Å². The highest BCUT2D eigenvalue weighted by molar-refractivity contribution is 9.10. The monoisotopic (exact) mass is 302 g/mol. The lowest BCUT2D eigenvalue weighted by molar-refractivity contribution is -0.131. The smallest absolute Gasteiger partial charge is 0.166 e. The number of aliphatic hydroxyl groups is 1. The Kier molecular flexibility index (Phi) is 4.44. The molecule has 1 N–H and O–H groups in total. The van der Waals surface area contributed by atoms with E-state index in [4.69, 9.17) is 0 Å². The maximum atomic E-state index is 13.0. The molecule has 0 saturated heterocycles. The molecule has 1 aromatic carbocycles. The minimum absolute atomic E-state index is 0.108. The molecule has 1 rings (SSSR count). The summed E-state index contributed by atoms with van der Waals surface area (Å²) in [6.45, 7) is 5.41. The summed E-state index contributed by atoms with van der Waals surface area (Å²) < 4.78 is 13.3. The molecule has 94 valence electrons. The first kappa shape index (κ1) is 14.3. The Morgan fingerprint density at radius 3 is 2.53 bits per heavy atom. The second kappa shape index (κ2) is 5.27. The average molecular weight is 303 g/mol. The van der Waals surface area contributed by atoms with Gasteiger partial charge in [-0.2, -0.15) is 0 Å². The van der Waals surface area contributed by atoms with Crippen LogP contribution < -0.4 is 0 Å². The highest BCUT2D eigenvalue weighted by Gasteiger charge is 2.28. The van der Waals surface area contributed by atoms with E-state index >= 15 is 0 Å². The third-order valence-electron chi connectivity index (χ3n) is 2.49. The van der Waals surface area contributed by atoms with Gasteiger partial charge in [-0.1, -0.05) is 26.8 Å². The van der Waals surface area contributed by atoms with Gasteiger partial charge in [-0.15, -0.1) is 0 Å². The maximum absolute atomic E-state index is 13.0. The molecule has 0 radical (unpaired) electrons. The van der Waals surface area contributed by atoms with E-state index in [0.717, 1.165) is 0 Å². The molecule has 0 aliphatic rings. The van der Waals surface area contributed by atoms with Crippen molar-refractivity contribution >= 4 is 21.7 Å². The van der Waals surface area contributed by atoms with Crippen LogP contribution in [0.3, 0.4) is 0 Å². The van der Waals surface area contributed by atoms with Gasteiger partial charge in [-0.05, 0) is 39.0 Å². The molecule has 0 fully saturated rings. The molecule has 0 bridgehead atoms. The zero-order chi connectivity index (χ0) is 13.2. The lowest BCUT2D eigenvalue weighted by atomic mass is 9.85. The van der Waals surface area contributed by atoms with Crippen molar-refractivity contribution in [2.45, 2.75) is 33.3 Å². The Morgan fingerprint density at radius 2 is 2.06 bits per heavy atom. The Bertz CT molecular complexity index is 424. The quantitative estimate of drug-likeness (QED) is 0.931. The number of carbonyl (C=O) groups excluding carboxylic acids is 1. The number of Topliss-reactive ketones (excluding diaryl/α,β-unsaturated/α-hetero) is 1. The number of aliphatic hydroxyl groups excluding tert-OH is 1. The summed E-state index contributed by atoms with van der Waals surface area (Å²) in [4.78, 5) is 11.8. The van der Waals surface area contributed by atoms with E-state index in [1.165, 1.54) is 6.07 Å². The molecule has 2 nitrogen and oxygen atoms in total. The van der Waals surface area contributed by atoms with Gasteiger partial charge in [0.1, 0.15) is 11.9 Å². The molecule has 0 aliphatic heterocycles. The van der Waals surface area contributed by atoms with Gasteiger partial charge in [0.25, 0.3) is 0 Å². The fraction of sp³-hybridized carbons (Fsp3) is 0.462. The first-order valence-electron chi connectivity index (χ1n) is 5.36. The van der Waals surface area contributed by atoms with Gasteiger partial charge in [-0.25, -0.2) is 4.39 Å². The van der Waals surface area contributed by atoms with Gasteiger partial charge < -0.3 is 5.11 Å². The Hall–Kier alpha value is -0.740. The molecule has 1 atom stereocenters. The summed E-state index contributed by atoms with van der Waals surface area (Å²) >= 11 is 3.06. The van der Waals surface area contributed by atoms with E-state index in [2.05, 4.69) is 15.9 Å². The zero-order valence-corrected chi connectivity index (χ0v) is 11.7. The highest BCUT2D eigenvalue weighted by Crippen LogP contribution is 2.22. The lowest BCUT2D eigenvalue weighted by Gasteiger charge is -2.24. The summed E-state index contributed by atoms with van der Waals surface area (Å²) in [5.41, 5.74) is 0.209. The topological polar surface area (TPSA) is 37.3 Å². The molecule has 0 heterocycles. The van der Waals surface area contributed by atoms with Crippen molar-refractivity contribution < 1.29 is 14.3 Å². The van der Waals surface area contributed by atoms with Crippen LogP contribution in [-0.2, 0) is 11.2 Å². The number of carbonyl (C=O) groups is 1. The molecule has 0 aliphatic carbocycles. The Morgan fingerprint density at radius 1 is 1.47 bits per heavy atom. The number of hydrogen-bond donors (Lipinski definition) is 1. The van der Waals surface area contributed by atoms with Crippen molar-refractivity contribution in [3.05, 3.63) is 34.1 Å². The van der Waals surface area contributed by atoms with Gasteiger partial charge in [0.15, 0.2) is 5.78 Å². The summed E-state index contributed by atoms with van der Waals surface area (Å²) in [5, 5.41) is 9.80. The second-order valence-electron chi connectivity index (χ2n) is 5.16. The largest absolute Gasteiger partial charge is 0.385 e. The van der Waals surface area contributed by atoms with Gasteiger partial charge in [0, 0.05) is 6.42 Å². The summed E-state index contributed by atoms with van der Waals surface area (Å²) in [5.74, 6) is -0.617. The SMILES string of the molecule is CC(C)(C)C(O)C(=O)Cc1ccc(F)c(Br)c1. The third kappa shape index (κ3) is 3.89. The van der Waals surface area contributed by atoms with Crippen molar-refractivity contribution in [1.29, 1.82) is 0 Å². The molecule has 0 aromatic heterocycles. The van der Waals surface area contributed by atoms with Crippen LogP contribution in [0.25, 0.3) is 0 Å². The van der Waals surface area contributed by atoms with Crippen LogP contribution in [0.1, 0.15) is 26.3 Å². The molecule has 0 amide bonds. The summed E-state index contributed by atoms with van der Waals surface area (Å²) in [6, 6.07) is 4.41. The Labute approximate surface area is 109 Å². The third-order valence-corrected chi connectivity index (χ3v) is 3.10. The van der Waals surface area contributed by atoms with Gasteiger partial charge in [-0.3, -0.25) is 4.79 Å². The normalized spacial score (nSPS) is 13.5. The van der Waals surface area contributed by atoms with Crippen molar-refractivity contribution in [3.63, 3.8) is 0 Å². The van der Waals surface area contributed by atoms with E-state index in [0.29, 0.717) is 10.0 Å². The van der Waals surface area contributed by atoms with Crippen LogP contribution in [-0.4, -0.2) is 17.0 Å². The van der Waals surface area contributed by atoms with Crippen LogP contribution in [0.2, 0.25) is 0 Å². The molecule has 0 saturated carbocycles. The van der Waals surface area contributed by atoms with Crippen LogP contribution in [0.5, 0.6) is 0 Å². The van der Waals surface area contributed by atoms with E-state index in [9.17, 15) is 14.3 Å². The fourth-order valence-corrected chi connectivity index (χ4v) is 1.86. The number of ketones is 1. The molecule has 4 heteroatoms. The minimum atomic E-state index is -1.01. The number of rotatable bonds is 3. The molecule has 0 spiro atoms. The fourth-order valence-electron chi connectivity index (χ4n) is 1.43. The summed E-state index contributed by atoms with van der Waals surface area (Å²) in [7, 11) is 0. The van der Waals surface area contributed by atoms with Crippen LogP contribution in [0, 0.1) is 11.2 Å². The molecule has 1 unspecified atom stereocenters. The van der Waals surface area contributed by atoms with Crippen molar-refractivity contribution in [3.8, 4) is 0 Å². The van der Waals surface area contributed by atoms with Crippen molar-refractivity contribution in [2.24, 2.45) is 5.41 Å². The number of benzene rings is 1. The van der Waals surface area contributed by atoms with E-state index in [-0.39, 0.29) is 18.0 Å². The van der Waals surface area contributed by atoms with E-state index in [1.807, 2.05) is 0 Å². The Balaban J connectivity index is 2.78. The van der Waals surface area contributed by atoms with Gasteiger partial charge >= 0.3 is 0 Å². The molecule has 17 heavy (non-hydrogen) atoms. The van der Waals surface area contributed by atoms with E-state index in [1.54, 1.807) is 32.9 Å². The van der Waals surface area contributed by atoms with Crippen LogP contribution >= 0.6 is 15.9 Å². The van der Waals surface area contributed by atoms with Crippen molar-refractivity contribution in [2.75, 3.05) is 0 Å². The van der Waals surface area contributed by atoms with Crippen LogP contribution in [0.15, 0.2) is 22.7 Å². The summed E-state index contributed by atoms with van der Waals surface area (Å²) in [6.07, 6.45) is -0.900. The predicted octanol–water partition coefficient (Wildman–Crippen LogP) is 3.11.